The minimum Gasteiger partial charge on any atom is -0.0810 e. The van der Waals surface area contributed by atoms with Crippen LogP contribution in [0.25, 0.3) is 0 Å². The first-order valence-electron chi connectivity index (χ1n) is 3.23. The van der Waals surface area contributed by atoms with Crippen molar-refractivity contribution in [1.82, 2.24) is 0 Å². The van der Waals surface area contributed by atoms with Crippen LogP contribution in [0, 0.1) is 11.8 Å². The summed E-state index contributed by atoms with van der Waals surface area (Å²) in [5.74, 6) is 1.62. The third kappa shape index (κ3) is 0.405. The van der Waals surface area contributed by atoms with E-state index in [0.717, 1.165) is 11.8 Å². The standard InChI is InChI=1S/C8H10/c1-6-4-7-2-3-8(6)5-7/h2-4,7-8H,5H2,1H3/t7-,8-/m0/s1. The Morgan fingerprint density at radius 2 is 2.38 bits per heavy atom. The molecule has 2 bridgehead atoms. The van der Waals surface area contributed by atoms with Gasteiger partial charge in [-0.25, -0.2) is 0 Å². The molecule has 0 N–H and O–H groups in total. The Balaban J connectivity index is 2.36. The minimum atomic E-state index is 0.806. The van der Waals surface area contributed by atoms with Crippen LogP contribution in [-0.4, -0.2) is 0 Å². The summed E-state index contributed by atoms with van der Waals surface area (Å²) in [7, 11) is 0. The Morgan fingerprint density at radius 3 is 2.62 bits per heavy atom. The fourth-order valence-electron chi connectivity index (χ4n) is 1.65. The molecule has 2 aliphatic rings. The van der Waals surface area contributed by atoms with Crippen molar-refractivity contribution in [3.63, 3.8) is 0 Å². The van der Waals surface area contributed by atoms with Gasteiger partial charge in [0.05, 0.1) is 0 Å². The summed E-state index contributed by atoms with van der Waals surface area (Å²) in [6.45, 7) is 2.23. The SMILES string of the molecule is CC1=C[C@@H]2C=C[C@H]1C2. The van der Waals surface area contributed by atoms with Crippen LogP contribution in [0.1, 0.15) is 13.3 Å². The van der Waals surface area contributed by atoms with E-state index in [0.29, 0.717) is 0 Å². The lowest BCUT2D eigenvalue weighted by Gasteiger charge is -1.99. The van der Waals surface area contributed by atoms with E-state index in [2.05, 4.69) is 25.2 Å². The molecule has 0 saturated heterocycles. The molecule has 0 amide bonds. The van der Waals surface area contributed by atoms with Gasteiger partial charge in [-0.05, 0) is 25.2 Å². The molecule has 0 aromatic rings. The second kappa shape index (κ2) is 1.25. The smallest absolute Gasteiger partial charge is 0.00170 e. The Morgan fingerprint density at radius 1 is 1.50 bits per heavy atom. The summed E-state index contributed by atoms with van der Waals surface area (Å²) < 4.78 is 0. The summed E-state index contributed by atoms with van der Waals surface area (Å²) in [5.41, 5.74) is 1.58. The van der Waals surface area contributed by atoms with Crippen molar-refractivity contribution in [3.05, 3.63) is 23.8 Å². The predicted octanol–water partition coefficient (Wildman–Crippen LogP) is 2.14. The van der Waals surface area contributed by atoms with Gasteiger partial charge >= 0.3 is 0 Å². The summed E-state index contributed by atoms with van der Waals surface area (Å²) in [4.78, 5) is 0. The van der Waals surface area contributed by atoms with Gasteiger partial charge in [-0.15, -0.1) is 0 Å². The monoisotopic (exact) mass is 106 g/mol. The van der Waals surface area contributed by atoms with Crippen LogP contribution < -0.4 is 0 Å². The molecule has 0 unspecified atom stereocenters. The molecule has 0 nitrogen and oxygen atoms in total. The molecule has 0 spiro atoms. The Kier molecular flexibility index (Phi) is 0.682. The van der Waals surface area contributed by atoms with E-state index >= 15 is 0 Å². The number of hydrogen-bond acceptors (Lipinski definition) is 0. The second-order valence-corrected chi connectivity index (χ2v) is 2.80. The molecule has 8 heavy (non-hydrogen) atoms. The van der Waals surface area contributed by atoms with Gasteiger partial charge in [0, 0.05) is 0 Å². The van der Waals surface area contributed by atoms with Gasteiger partial charge in [-0.2, -0.15) is 0 Å². The third-order valence-electron chi connectivity index (χ3n) is 2.18. The van der Waals surface area contributed by atoms with Gasteiger partial charge in [-0.3, -0.25) is 0 Å². The highest BCUT2D eigenvalue weighted by molar-refractivity contribution is 5.28. The quantitative estimate of drug-likeness (QED) is 0.415. The Bertz CT molecular complexity index is 163. The average molecular weight is 106 g/mol. The van der Waals surface area contributed by atoms with Crippen molar-refractivity contribution in [2.24, 2.45) is 11.8 Å². The van der Waals surface area contributed by atoms with Gasteiger partial charge in [0.1, 0.15) is 0 Å². The Labute approximate surface area is 49.9 Å². The molecule has 0 aromatic heterocycles. The maximum absolute atomic E-state index is 2.38. The Hall–Kier alpha value is -0.520. The van der Waals surface area contributed by atoms with Gasteiger partial charge in [0.2, 0.25) is 0 Å². The number of rotatable bonds is 0. The van der Waals surface area contributed by atoms with Gasteiger partial charge in [-0.1, -0.05) is 23.8 Å². The minimum absolute atomic E-state index is 0.806. The molecule has 0 saturated carbocycles. The van der Waals surface area contributed by atoms with Crippen LogP contribution in [0.4, 0.5) is 0 Å². The van der Waals surface area contributed by atoms with Gasteiger partial charge in [0.15, 0.2) is 0 Å². The largest absolute Gasteiger partial charge is 0.0810 e. The fraction of sp³-hybridized carbons (Fsp3) is 0.500. The zero-order valence-corrected chi connectivity index (χ0v) is 5.09. The van der Waals surface area contributed by atoms with E-state index in [-0.39, 0.29) is 0 Å². The van der Waals surface area contributed by atoms with Crippen molar-refractivity contribution in [3.8, 4) is 0 Å². The zero-order chi connectivity index (χ0) is 5.56. The molecule has 2 aliphatic carbocycles. The first-order chi connectivity index (χ1) is 3.86. The summed E-state index contributed by atoms with van der Waals surface area (Å²) in [6, 6.07) is 0. The van der Waals surface area contributed by atoms with E-state index in [1.54, 1.807) is 5.57 Å². The maximum atomic E-state index is 2.38. The van der Waals surface area contributed by atoms with Crippen LogP contribution in [0.15, 0.2) is 23.8 Å². The summed E-state index contributed by atoms with van der Waals surface area (Å²) in [6.07, 6.45) is 8.40. The highest BCUT2D eigenvalue weighted by Crippen LogP contribution is 2.37. The van der Waals surface area contributed by atoms with Crippen molar-refractivity contribution in [2.75, 3.05) is 0 Å². The van der Waals surface area contributed by atoms with E-state index in [1.165, 1.54) is 6.42 Å². The van der Waals surface area contributed by atoms with Crippen LogP contribution in [-0.2, 0) is 0 Å². The third-order valence-corrected chi connectivity index (χ3v) is 2.18. The number of allylic oxidation sites excluding steroid dienone is 4. The molecule has 0 aromatic carbocycles. The van der Waals surface area contributed by atoms with E-state index < -0.39 is 0 Å². The molecule has 0 heteroatoms. The highest BCUT2D eigenvalue weighted by atomic mass is 14.3. The molecule has 0 aliphatic heterocycles. The first kappa shape index (κ1) is 4.37. The molecular weight excluding hydrogens is 96.1 g/mol. The molecule has 42 valence electrons. The topological polar surface area (TPSA) is 0 Å². The van der Waals surface area contributed by atoms with Crippen molar-refractivity contribution < 1.29 is 0 Å². The van der Waals surface area contributed by atoms with Crippen LogP contribution in [0.3, 0.4) is 0 Å². The van der Waals surface area contributed by atoms with Crippen LogP contribution in [0.2, 0.25) is 0 Å². The van der Waals surface area contributed by atoms with Gasteiger partial charge < -0.3 is 0 Å². The number of hydrogen-bond donors (Lipinski definition) is 0. The second-order valence-electron chi connectivity index (χ2n) is 2.80. The number of fused-ring (bicyclic) bond motifs is 2. The molecule has 0 heterocycles. The van der Waals surface area contributed by atoms with E-state index in [4.69, 9.17) is 0 Å². The molecule has 2 atom stereocenters. The fourth-order valence-corrected chi connectivity index (χ4v) is 1.65. The first-order valence-corrected chi connectivity index (χ1v) is 3.23. The highest BCUT2D eigenvalue weighted by Gasteiger charge is 2.24. The predicted molar refractivity (Wildman–Crippen MR) is 34.5 cm³/mol. The van der Waals surface area contributed by atoms with Crippen LogP contribution >= 0.6 is 0 Å². The summed E-state index contributed by atoms with van der Waals surface area (Å²) in [5, 5.41) is 0. The molecule has 0 radical (unpaired) electrons. The lowest BCUT2D eigenvalue weighted by atomic mass is 10.1. The van der Waals surface area contributed by atoms with Crippen molar-refractivity contribution in [2.45, 2.75) is 13.3 Å². The van der Waals surface area contributed by atoms with E-state index in [9.17, 15) is 0 Å². The van der Waals surface area contributed by atoms with E-state index in [1.807, 2.05) is 0 Å². The van der Waals surface area contributed by atoms with Crippen molar-refractivity contribution in [1.29, 1.82) is 0 Å². The molecule has 2 rings (SSSR count). The van der Waals surface area contributed by atoms with Crippen molar-refractivity contribution >= 4 is 0 Å². The lowest BCUT2D eigenvalue weighted by Crippen LogP contribution is -1.86. The molecular formula is C8H10. The lowest BCUT2D eigenvalue weighted by molar-refractivity contribution is 0.714. The maximum Gasteiger partial charge on any atom is -0.00170 e. The van der Waals surface area contributed by atoms with Gasteiger partial charge in [0.25, 0.3) is 0 Å². The average Bonchev–Trinajstić information content (AvgIpc) is 2.23. The van der Waals surface area contributed by atoms with Crippen LogP contribution in [0.5, 0.6) is 0 Å². The normalized spacial score (nSPS) is 40.9. The molecule has 0 fully saturated rings. The zero-order valence-electron chi connectivity index (χ0n) is 5.09. The summed E-state index contributed by atoms with van der Waals surface area (Å²) >= 11 is 0.